The molecule has 0 saturated heterocycles. The van der Waals surface area contributed by atoms with Gasteiger partial charge in [0.2, 0.25) is 12.5 Å². The maximum Gasteiger partial charge on any atom is 0.284 e. The molecule has 0 radical (unpaired) electrons. The van der Waals surface area contributed by atoms with E-state index < -0.39 is 13.9 Å². The number of hydrogen-bond donors (Lipinski definition) is 1. The predicted octanol–water partition coefficient (Wildman–Crippen LogP) is 26.1. The lowest BCUT2D eigenvalue weighted by Crippen LogP contribution is -2.48. The number of rotatable bonds is 67. The molecule has 0 bridgehead atoms. The van der Waals surface area contributed by atoms with Gasteiger partial charge in [0.15, 0.2) is 27.9 Å². The standard InChI is InChI=1S/C64H128BrNO3P2S6/c1-5-9-13-17-21-25-29-33-37-41-45-49-53-57-68-64(77-70-72,74-59-55-51-47-43-39-35-31-27-23-19-15-11-7-3)66-63(67)62(65)61-76-71(73,69-58-54-50-46-42-38-34-30-26-22-18-14-10-6-2)75-60-56-52-48-44-40-36-32-28-24-20-16-12-8-4/h62H,5-61H2,1-4H3,(H,66,67)/p+1. The van der Waals surface area contributed by atoms with Gasteiger partial charge in [-0.1, -0.05) is 386 Å². The third-order valence-electron chi connectivity index (χ3n) is 15.2. The van der Waals surface area contributed by atoms with E-state index >= 15 is 0 Å². The first-order chi connectivity index (χ1) is 37.8. The summed E-state index contributed by atoms with van der Waals surface area (Å²) in [6.07, 6.45) is 69.9. The monoisotopic (exact) mass is 1290 g/mol. The van der Waals surface area contributed by atoms with Crippen molar-refractivity contribution < 1.29 is 14.1 Å². The Balaban J connectivity index is 5.34. The zero-order valence-electron chi connectivity index (χ0n) is 51.4. The van der Waals surface area contributed by atoms with E-state index in [4.69, 9.17) is 32.9 Å². The van der Waals surface area contributed by atoms with Crippen molar-refractivity contribution in [2.45, 2.75) is 371 Å². The highest BCUT2D eigenvalue weighted by Gasteiger charge is 2.40. The summed E-state index contributed by atoms with van der Waals surface area (Å²) in [5.74, 6) is 2.56. The molecule has 0 heterocycles. The molecule has 0 aliphatic heterocycles. The maximum absolute atomic E-state index is 14.3. The molecule has 0 saturated carbocycles. The van der Waals surface area contributed by atoms with Gasteiger partial charge in [0.05, 0.1) is 13.2 Å². The minimum atomic E-state index is -2.24. The Morgan fingerprint density at radius 2 is 0.727 bits per heavy atom. The first-order valence-electron chi connectivity index (χ1n) is 33.6. The van der Waals surface area contributed by atoms with E-state index in [0.717, 1.165) is 37.4 Å². The van der Waals surface area contributed by atoms with E-state index in [9.17, 15) is 4.79 Å². The highest BCUT2D eigenvalue weighted by atomic mass is 79.9. The fourth-order valence-corrected chi connectivity index (χ4v) is 24.2. The van der Waals surface area contributed by atoms with E-state index in [1.54, 1.807) is 34.5 Å². The molecule has 0 rings (SSSR count). The van der Waals surface area contributed by atoms with Crippen LogP contribution in [0.3, 0.4) is 0 Å². The topological polar surface area (TPSA) is 47.6 Å². The number of hydrogen-bond acceptors (Lipinski definition) is 9. The largest absolute Gasteiger partial charge is 0.335 e. The van der Waals surface area contributed by atoms with Crippen LogP contribution in [0.15, 0.2) is 0 Å². The van der Waals surface area contributed by atoms with Crippen molar-refractivity contribution >= 4 is 103 Å². The Labute approximate surface area is 518 Å². The molecule has 0 spiro atoms. The lowest BCUT2D eigenvalue weighted by Gasteiger charge is -2.30. The molecule has 0 aliphatic carbocycles. The Bertz CT molecular complexity index is 1190. The van der Waals surface area contributed by atoms with Crippen LogP contribution in [0.2, 0.25) is 0 Å². The molecule has 0 aromatic carbocycles. The molecule has 0 aromatic rings. The normalized spacial score (nSPS) is 13.8. The van der Waals surface area contributed by atoms with E-state index in [2.05, 4.69) is 48.9 Å². The van der Waals surface area contributed by atoms with Gasteiger partial charge in [-0.05, 0) is 43.2 Å². The number of nitrogens with one attached hydrogen (secondary N) is 1. The van der Waals surface area contributed by atoms with Crippen molar-refractivity contribution in [3.05, 3.63) is 0 Å². The smallest absolute Gasteiger partial charge is 0.284 e. The SMILES string of the molecule is CCCCCCCCCCCCCCCOC(NC(=O)C(Br)CSP(=S)(OCCCCCCCCCCCCCCC)SCCCCCCCCCCCCCCC)(SCCCCCCCCCCCCCCC)S[PH+]=S. The predicted molar refractivity (Wildman–Crippen MR) is 373 cm³/mol. The lowest BCUT2D eigenvalue weighted by molar-refractivity contribution is -0.123. The van der Waals surface area contributed by atoms with Gasteiger partial charge in [-0.25, -0.2) is 0 Å². The minimum Gasteiger partial charge on any atom is -0.335 e. The molecule has 1 N–H and O–H groups in total. The lowest BCUT2D eigenvalue weighted by atomic mass is 10.0. The number of carbonyl (C=O) groups excluding carboxylic acids is 1. The molecule has 77 heavy (non-hydrogen) atoms. The molecule has 4 atom stereocenters. The zero-order valence-corrected chi connectivity index (χ0v) is 59.8. The van der Waals surface area contributed by atoms with Gasteiger partial charge >= 0.3 is 0 Å². The summed E-state index contributed by atoms with van der Waals surface area (Å²) in [5.41, 5.74) is 0. The second kappa shape index (κ2) is 64.4. The number of alkyl halides is 1. The van der Waals surface area contributed by atoms with Gasteiger partial charge in [0.25, 0.3) is 4.39 Å². The van der Waals surface area contributed by atoms with Gasteiger partial charge in [0.1, 0.15) is 4.83 Å². The van der Waals surface area contributed by atoms with E-state index in [0.29, 0.717) is 12.4 Å². The highest BCUT2D eigenvalue weighted by Crippen LogP contribution is 2.70. The van der Waals surface area contributed by atoms with Crippen molar-refractivity contribution in [2.24, 2.45) is 0 Å². The van der Waals surface area contributed by atoms with Crippen LogP contribution < -0.4 is 5.32 Å². The summed E-state index contributed by atoms with van der Waals surface area (Å²) in [6, 6.07) is 0. The van der Waals surface area contributed by atoms with Crippen molar-refractivity contribution in [1.29, 1.82) is 0 Å². The van der Waals surface area contributed by atoms with Crippen molar-refractivity contribution in [3.8, 4) is 0 Å². The van der Waals surface area contributed by atoms with Crippen LogP contribution in [0.4, 0.5) is 0 Å². The number of thioether (sulfide) groups is 1. The fraction of sp³-hybridized carbons (Fsp3) is 0.984. The quantitative estimate of drug-likeness (QED) is 0.0278. The summed E-state index contributed by atoms with van der Waals surface area (Å²) in [7, 11) is 0. The zero-order chi connectivity index (χ0) is 56.1. The number of unbranched alkanes of at least 4 members (excludes halogenated alkanes) is 48. The molecule has 0 aliphatic rings. The summed E-state index contributed by atoms with van der Waals surface area (Å²) >= 11 is 23.0. The maximum atomic E-state index is 14.3. The van der Waals surface area contributed by atoms with Crippen molar-refractivity contribution in [2.75, 3.05) is 30.5 Å². The van der Waals surface area contributed by atoms with E-state index in [-0.39, 0.29) is 12.5 Å². The van der Waals surface area contributed by atoms with Gasteiger partial charge in [-0.3, -0.25) is 4.79 Å². The first kappa shape index (κ1) is 79.4. The number of carbonyl (C=O) groups is 1. The van der Waals surface area contributed by atoms with Crippen molar-refractivity contribution in [3.63, 3.8) is 0 Å². The summed E-state index contributed by atoms with van der Waals surface area (Å²) in [6.45, 7) is 10.8. The fourth-order valence-electron chi connectivity index (χ4n) is 10.1. The van der Waals surface area contributed by atoms with Gasteiger partial charge in [0, 0.05) is 11.5 Å². The number of halogens is 1. The van der Waals surface area contributed by atoms with E-state index in [1.807, 2.05) is 11.4 Å². The Morgan fingerprint density at radius 1 is 0.442 bits per heavy atom. The van der Waals surface area contributed by atoms with Crippen LogP contribution in [0.1, 0.15) is 362 Å². The van der Waals surface area contributed by atoms with Crippen LogP contribution in [-0.2, 0) is 37.7 Å². The van der Waals surface area contributed by atoms with E-state index in [1.165, 1.54) is 315 Å². The van der Waals surface area contributed by atoms with Crippen LogP contribution >= 0.6 is 73.1 Å². The number of amides is 1. The van der Waals surface area contributed by atoms with Crippen LogP contribution in [0.25, 0.3) is 0 Å². The van der Waals surface area contributed by atoms with Crippen molar-refractivity contribution in [1.82, 2.24) is 5.32 Å². The average Bonchev–Trinajstić information content (AvgIpc) is 3.42. The Morgan fingerprint density at radius 3 is 1.05 bits per heavy atom. The molecule has 13 heteroatoms. The minimum absolute atomic E-state index is 0.0268. The molecular formula is C64H129BrNO3P2S6+. The Hall–Kier alpha value is 2.44. The molecule has 0 aromatic heterocycles. The molecule has 460 valence electrons. The third kappa shape index (κ3) is 57.3. The molecule has 1 amide bonds. The second-order valence-electron chi connectivity index (χ2n) is 22.8. The third-order valence-corrected chi connectivity index (χ3v) is 30.7. The molecule has 4 nitrogen and oxygen atoms in total. The average molecular weight is 1290 g/mol. The molecule has 0 fully saturated rings. The van der Waals surface area contributed by atoms with Crippen LogP contribution in [0.5, 0.6) is 0 Å². The van der Waals surface area contributed by atoms with Gasteiger partial charge in [-0.15, -0.1) is 0 Å². The van der Waals surface area contributed by atoms with Crippen LogP contribution in [-0.4, -0.2) is 45.6 Å². The summed E-state index contributed by atoms with van der Waals surface area (Å²) < 4.78 is 10.4. The van der Waals surface area contributed by atoms with Crippen LogP contribution in [0, 0.1) is 0 Å². The van der Waals surface area contributed by atoms with Gasteiger partial charge < -0.3 is 14.6 Å². The van der Waals surface area contributed by atoms with Gasteiger partial charge in [-0.2, -0.15) is 0 Å². The molecular weight excluding hydrogens is 1160 g/mol. The summed E-state index contributed by atoms with van der Waals surface area (Å²) in [4.78, 5) is 13.9. The molecule has 4 unspecified atom stereocenters. The first-order valence-corrected chi connectivity index (χ1v) is 45.1. The second-order valence-corrected chi connectivity index (χ2v) is 39.6. The highest BCUT2D eigenvalue weighted by molar-refractivity contribution is 9.10. The number of ether oxygens (including phenoxy) is 1. The summed E-state index contributed by atoms with van der Waals surface area (Å²) in [5, 5.41) is 3.43. The Kier molecular flexibility index (Phi) is 66.5.